The maximum Gasteiger partial charge on any atom is 0.264 e. The minimum atomic E-state index is -0.461. The van der Waals surface area contributed by atoms with E-state index in [2.05, 4.69) is 10.3 Å². The molecule has 0 atom stereocenters. The lowest BCUT2D eigenvalue weighted by Gasteiger charge is -2.10. The zero-order chi connectivity index (χ0) is 21.4. The van der Waals surface area contributed by atoms with Crippen molar-refractivity contribution < 1.29 is 9.18 Å². The molecular formula is C22H16Cl2FN3OS. The molecule has 0 radical (unpaired) electrons. The summed E-state index contributed by atoms with van der Waals surface area (Å²) in [5.74, 6) is -0.668. The quantitative estimate of drug-likeness (QED) is 0.458. The molecule has 1 saturated heterocycles. The van der Waals surface area contributed by atoms with Crippen LogP contribution in [0.1, 0.15) is 17.0 Å². The molecule has 0 spiro atoms. The highest BCUT2D eigenvalue weighted by molar-refractivity contribution is 8.18. The Labute approximate surface area is 187 Å². The number of nitrogens with one attached hydrogen (secondary N) is 1. The van der Waals surface area contributed by atoms with E-state index in [1.807, 2.05) is 30.6 Å². The summed E-state index contributed by atoms with van der Waals surface area (Å²) in [6.07, 6.45) is 1.83. The van der Waals surface area contributed by atoms with Crippen molar-refractivity contribution in [1.29, 1.82) is 0 Å². The number of carbonyl (C=O) groups excluding carboxylic acids is 1. The highest BCUT2D eigenvalue weighted by Gasteiger charge is 2.24. The van der Waals surface area contributed by atoms with E-state index in [1.54, 1.807) is 36.4 Å². The molecule has 8 heteroatoms. The van der Waals surface area contributed by atoms with Gasteiger partial charge in [-0.2, -0.15) is 0 Å². The number of rotatable bonds is 3. The van der Waals surface area contributed by atoms with E-state index < -0.39 is 5.82 Å². The second-order valence-electron chi connectivity index (χ2n) is 6.72. The van der Waals surface area contributed by atoms with Crippen molar-refractivity contribution in [3.8, 4) is 5.69 Å². The van der Waals surface area contributed by atoms with Crippen LogP contribution in [0.2, 0.25) is 10.0 Å². The van der Waals surface area contributed by atoms with E-state index in [-0.39, 0.29) is 10.9 Å². The summed E-state index contributed by atoms with van der Waals surface area (Å²) in [5, 5.41) is 3.98. The fourth-order valence-corrected chi connectivity index (χ4v) is 4.34. The predicted molar refractivity (Wildman–Crippen MR) is 122 cm³/mol. The zero-order valence-electron chi connectivity index (χ0n) is 16.0. The summed E-state index contributed by atoms with van der Waals surface area (Å²) < 4.78 is 15.5. The molecule has 0 bridgehead atoms. The predicted octanol–water partition coefficient (Wildman–Crippen LogP) is 6.43. The highest BCUT2D eigenvalue weighted by Crippen LogP contribution is 2.31. The number of amidine groups is 1. The van der Waals surface area contributed by atoms with Gasteiger partial charge in [0.05, 0.1) is 15.6 Å². The van der Waals surface area contributed by atoms with Crippen LogP contribution >= 0.6 is 35.0 Å². The minimum absolute atomic E-state index is 0.0636. The molecule has 0 unspecified atom stereocenters. The number of aryl methyl sites for hydroxylation is 1. The third-order valence-corrected chi connectivity index (χ3v) is 6.08. The molecule has 3 aromatic rings. The van der Waals surface area contributed by atoms with Gasteiger partial charge in [0.25, 0.3) is 5.91 Å². The van der Waals surface area contributed by atoms with Gasteiger partial charge in [-0.15, -0.1) is 0 Å². The topological polar surface area (TPSA) is 46.4 Å². The number of carbonyl (C=O) groups is 1. The van der Waals surface area contributed by atoms with Crippen molar-refractivity contribution in [2.75, 3.05) is 0 Å². The van der Waals surface area contributed by atoms with Crippen LogP contribution < -0.4 is 5.32 Å². The first-order valence-corrected chi connectivity index (χ1v) is 10.6. The molecule has 1 aromatic heterocycles. The molecule has 0 aliphatic carbocycles. The van der Waals surface area contributed by atoms with Crippen molar-refractivity contribution in [3.05, 3.63) is 86.2 Å². The van der Waals surface area contributed by atoms with E-state index in [0.29, 0.717) is 20.8 Å². The van der Waals surface area contributed by atoms with Crippen LogP contribution in [0.3, 0.4) is 0 Å². The molecule has 1 aliphatic heterocycles. The maximum absolute atomic E-state index is 13.5. The van der Waals surface area contributed by atoms with E-state index >= 15 is 0 Å². The second-order valence-corrected chi connectivity index (χ2v) is 8.59. The van der Waals surface area contributed by atoms with Crippen LogP contribution in [0.15, 0.2) is 58.4 Å². The fourth-order valence-electron chi connectivity index (χ4n) is 3.21. The van der Waals surface area contributed by atoms with Crippen molar-refractivity contribution in [2.24, 2.45) is 4.99 Å². The molecule has 30 heavy (non-hydrogen) atoms. The van der Waals surface area contributed by atoms with E-state index in [1.165, 1.54) is 17.8 Å². The molecule has 4 nitrogen and oxygen atoms in total. The molecule has 152 valence electrons. The standard InChI is InChI=1S/C22H16Cl2FN3OS/c1-12-9-14(13(2)28(12)17-7-8-19(25)18(24)11-17)10-20-21(29)27-22(30-20)26-16-5-3-15(23)4-6-16/h3-11H,1-2H3,(H,26,27,29)/b20-10-. The number of aliphatic imine (C=N–C) groups is 1. The molecule has 2 heterocycles. The van der Waals surface area contributed by atoms with E-state index in [0.717, 1.165) is 22.6 Å². The van der Waals surface area contributed by atoms with Gasteiger partial charge >= 0.3 is 0 Å². The average molecular weight is 460 g/mol. The Bertz CT molecular complexity index is 1220. The Kier molecular flexibility index (Phi) is 5.73. The van der Waals surface area contributed by atoms with Gasteiger partial charge in [0.15, 0.2) is 5.17 Å². The number of amides is 1. The SMILES string of the molecule is Cc1cc(/C=C2\SC(=Nc3ccc(Cl)cc3)NC2=O)c(C)n1-c1ccc(F)c(Cl)c1. The van der Waals surface area contributed by atoms with Gasteiger partial charge in [-0.05, 0) is 85.8 Å². The summed E-state index contributed by atoms with van der Waals surface area (Å²) >= 11 is 13.1. The number of hydrogen-bond donors (Lipinski definition) is 1. The Hall–Kier alpha value is -2.54. The normalized spacial score (nSPS) is 16.5. The molecule has 2 aromatic carbocycles. The molecule has 4 rings (SSSR count). The van der Waals surface area contributed by atoms with Crippen LogP contribution in [0.4, 0.5) is 10.1 Å². The van der Waals surface area contributed by atoms with Crippen LogP contribution in [0.5, 0.6) is 0 Å². The summed E-state index contributed by atoms with van der Waals surface area (Å²) in [6, 6.07) is 13.6. The summed E-state index contributed by atoms with van der Waals surface area (Å²) in [4.78, 5) is 17.4. The van der Waals surface area contributed by atoms with Crippen LogP contribution in [-0.2, 0) is 4.79 Å². The van der Waals surface area contributed by atoms with Crippen molar-refractivity contribution in [3.63, 3.8) is 0 Å². The lowest BCUT2D eigenvalue weighted by atomic mass is 10.2. The summed E-state index contributed by atoms with van der Waals surface area (Å²) in [5.41, 5.74) is 4.21. The van der Waals surface area contributed by atoms with E-state index in [4.69, 9.17) is 23.2 Å². The smallest absolute Gasteiger partial charge is 0.264 e. The number of aromatic nitrogens is 1. The summed E-state index contributed by atoms with van der Waals surface area (Å²) in [6.45, 7) is 3.89. The zero-order valence-corrected chi connectivity index (χ0v) is 18.4. The van der Waals surface area contributed by atoms with Gasteiger partial charge in [0, 0.05) is 22.1 Å². The lowest BCUT2D eigenvalue weighted by Crippen LogP contribution is -2.19. The number of hydrogen-bond acceptors (Lipinski definition) is 3. The van der Waals surface area contributed by atoms with Crippen molar-refractivity contribution >= 4 is 57.8 Å². The fraction of sp³-hybridized carbons (Fsp3) is 0.0909. The Morgan fingerprint density at radius 1 is 1.10 bits per heavy atom. The number of benzene rings is 2. The number of halogens is 3. The first kappa shape index (κ1) is 20.7. The van der Waals surface area contributed by atoms with E-state index in [9.17, 15) is 9.18 Å². The number of thioether (sulfide) groups is 1. The Morgan fingerprint density at radius 2 is 1.83 bits per heavy atom. The maximum atomic E-state index is 13.5. The van der Waals surface area contributed by atoms with Gasteiger partial charge in [0.1, 0.15) is 5.82 Å². The van der Waals surface area contributed by atoms with Gasteiger partial charge < -0.3 is 9.88 Å². The van der Waals surface area contributed by atoms with Gasteiger partial charge in [-0.25, -0.2) is 9.38 Å². The molecule has 0 saturated carbocycles. The monoisotopic (exact) mass is 459 g/mol. The molecule has 1 fully saturated rings. The van der Waals surface area contributed by atoms with Crippen molar-refractivity contribution in [1.82, 2.24) is 9.88 Å². The largest absolute Gasteiger partial charge is 0.318 e. The second kappa shape index (κ2) is 8.30. The van der Waals surface area contributed by atoms with Crippen LogP contribution in [0.25, 0.3) is 11.8 Å². The first-order valence-electron chi connectivity index (χ1n) is 9.01. The molecule has 1 amide bonds. The Morgan fingerprint density at radius 3 is 2.53 bits per heavy atom. The first-order chi connectivity index (χ1) is 14.3. The van der Waals surface area contributed by atoms with Crippen LogP contribution in [-0.4, -0.2) is 15.6 Å². The molecule has 1 aliphatic rings. The Balaban J connectivity index is 1.64. The highest BCUT2D eigenvalue weighted by atomic mass is 35.5. The van der Waals surface area contributed by atoms with Crippen LogP contribution in [0, 0.1) is 19.7 Å². The van der Waals surface area contributed by atoms with Gasteiger partial charge in [0.2, 0.25) is 0 Å². The van der Waals surface area contributed by atoms with Gasteiger partial charge in [-0.3, -0.25) is 4.79 Å². The number of nitrogens with zero attached hydrogens (tertiary/aromatic N) is 2. The molecular weight excluding hydrogens is 444 g/mol. The third kappa shape index (κ3) is 4.17. The van der Waals surface area contributed by atoms with Crippen molar-refractivity contribution in [2.45, 2.75) is 13.8 Å². The lowest BCUT2D eigenvalue weighted by molar-refractivity contribution is -0.115. The summed E-state index contributed by atoms with van der Waals surface area (Å²) in [7, 11) is 0. The minimum Gasteiger partial charge on any atom is -0.318 e. The average Bonchev–Trinajstić information content (AvgIpc) is 3.18. The molecule has 1 N–H and O–H groups in total. The third-order valence-electron chi connectivity index (χ3n) is 4.63. The van der Waals surface area contributed by atoms with Gasteiger partial charge in [-0.1, -0.05) is 23.2 Å².